The Labute approximate surface area is 176 Å². The topological polar surface area (TPSA) is 109 Å². The molecule has 2 atom stereocenters. The fourth-order valence-electron chi connectivity index (χ4n) is 3.23. The van der Waals surface area contributed by atoms with Crippen LogP contribution in [0, 0.1) is 0 Å². The van der Waals surface area contributed by atoms with Crippen LogP contribution in [0.25, 0.3) is 0 Å². The van der Waals surface area contributed by atoms with Crippen molar-refractivity contribution >= 4 is 29.2 Å². The molecule has 1 fully saturated rings. The van der Waals surface area contributed by atoms with Gasteiger partial charge in [0.2, 0.25) is 0 Å². The van der Waals surface area contributed by atoms with E-state index in [0.29, 0.717) is 41.7 Å². The third kappa shape index (κ3) is 6.12. The minimum atomic E-state index is -0.289. The SMILES string of the molecule is COc1cc(N)c(Cl)cc1C(=O)N[C@H]1CCN(CCNC(=O)N(C)C)C[C@H]1OC. The van der Waals surface area contributed by atoms with Crippen LogP contribution < -0.4 is 21.1 Å². The van der Waals surface area contributed by atoms with Crippen molar-refractivity contribution in [3.8, 4) is 5.75 Å². The first-order valence-corrected chi connectivity index (χ1v) is 9.78. The number of carbonyl (C=O) groups is 2. The minimum Gasteiger partial charge on any atom is -0.496 e. The first kappa shape index (κ1) is 23.1. The van der Waals surface area contributed by atoms with Gasteiger partial charge in [-0.05, 0) is 12.5 Å². The lowest BCUT2D eigenvalue weighted by atomic mass is 10.0. The van der Waals surface area contributed by atoms with Gasteiger partial charge >= 0.3 is 6.03 Å². The minimum absolute atomic E-state index is 0.119. The molecule has 3 amide bonds. The molecule has 1 aromatic carbocycles. The number of amides is 3. The maximum absolute atomic E-state index is 12.8. The molecular weight excluding hydrogens is 398 g/mol. The van der Waals surface area contributed by atoms with Crippen LogP contribution in [0.1, 0.15) is 16.8 Å². The lowest BCUT2D eigenvalue weighted by molar-refractivity contribution is 0.00691. The van der Waals surface area contributed by atoms with E-state index in [0.717, 1.165) is 13.0 Å². The van der Waals surface area contributed by atoms with Crippen LogP contribution in [0.2, 0.25) is 5.02 Å². The molecule has 0 aliphatic carbocycles. The summed E-state index contributed by atoms with van der Waals surface area (Å²) in [7, 11) is 6.51. The van der Waals surface area contributed by atoms with Crippen LogP contribution in [-0.2, 0) is 4.74 Å². The summed E-state index contributed by atoms with van der Waals surface area (Å²) in [6, 6.07) is 2.78. The lowest BCUT2D eigenvalue weighted by Crippen LogP contribution is -2.55. The van der Waals surface area contributed by atoms with Crippen LogP contribution in [-0.4, -0.2) is 88.4 Å². The number of rotatable bonds is 7. The molecule has 0 saturated carbocycles. The molecule has 1 aliphatic rings. The second-order valence-corrected chi connectivity index (χ2v) is 7.55. The first-order chi connectivity index (χ1) is 13.8. The van der Waals surface area contributed by atoms with E-state index >= 15 is 0 Å². The van der Waals surface area contributed by atoms with Gasteiger partial charge in [-0.1, -0.05) is 11.6 Å². The predicted octanol–water partition coefficient (Wildman–Crippen LogP) is 1.02. The van der Waals surface area contributed by atoms with Gasteiger partial charge in [0.05, 0.1) is 35.5 Å². The molecular formula is C19H30ClN5O4. The van der Waals surface area contributed by atoms with E-state index in [4.69, 9.17) is 26.8 Å². The summed E-state index contributed by atoms with van der Waals surface area (Å²) in [5, 5.41) is 6.17. The average Bonchev–Trinajstić information content (AvgIpc) is 2.70. The smallest absolute Gasteiger partial charge is 0.316 e. The van der Waals surface area contributed by atoms with E-state index in [2.05, 4.69) is 15.5 Å². The molecule has 1 saturated heterocycles. The van der Waals surface area contributed by atoms with Crippen molar-refractivity contribution < 1.29 is 19.1 Å². The van der Waals surface area contributed by atoms with E-state index in [1.54, 1.807) is 21.2 Å². The third-order valence-corrected chi connectivity index (χ3v) is 5.26. The highest BCUT2D eigenvalue weighted by atomic mass is 35.5. The fraction of sp³-hybridized carbons (Fsp3) is 0.579. The van der Waals surface area contributed by atoms with E-state index in [-0.39, 0.29) is 24.1 Å². The van der Waals surface area contributed by atoms with E-state index in [9.17, 15) is 9.59 Å². The second kappa shape index (κ2) is 10.5. The van der Waals surface area contributed by atoms with Gasteiger partial charge < -0.3 is 30.7 Å². The number of hydrogen-bond donors (Lipinski definition) is 3. The van der Waals surface area contributed by atoms with Crippen LogP contribution in [0.5, 0.6) is 5.75 Å². The number of hydrogen-bond acceptors (Lipinski definition) is 6. The molecule has 4 N–H and O–H groups in total. The standard InChI is InChI=1S/C19H30ClN5O4/c1-24(2)19(27)22-6-8-25-7-5-15(17(11-25)29-4)23-18(26)12-9-13(20)14(21)10-16(12)28-3/h9-10,15,17H,5-8,11,21H2,1-4H3,(H,22,27)(H,23,26)/t15-,17+/m0/s1. The van der Waals surface area contributed by atoms with E-state index < -0.39 is 0 Å². The Morgan fingerprint density at radius 1 is 1.34 bits per heavy atom. The highest BCUT2D eigenvalue weighted by molar-refractivity contribution is 6.33. The van der Waals surface area contributed by atoms with E-state index in [1.807, 2.05) is 0 Å². The van der Waals surface area contributed by atoms with Gasteiger partial charge in [0.25, 0.3) is 5.91 Å². The highest BCUT2D eigenvalue weighted by Crippen LogP contribution is 2.29. The van der Waals surface area contributed by atoms with Crippen molar-refractivity contribution in [1.82, 2.24) is 20.4 Å². The largest absolute Gasteiger partial charge is 0.496 e. The summed E-state index contributed by atoms with van der Waals surface area (Å²) in [6.07, 6.45) is 0.546. The number of likely N-dealkylation sites (tertiary alicyclic amines) is 1. The number of nitrogens with zero attached hydrogens (tertiary/aromatic N) is 2. The summed E-state index contributed by atoms with van der Waals surface area (Å²) in [5.74, 6) is 0.0786. The summed E-state index contributed by atoms with van der Waals surface area (Å²) in [5.41, 5.74) is 6.47. The highest BCUT2D eigenvalue weighted by Gasteiger charge is 2.31. The number of halogens is 1. The molecule has 9 nitrogen and oxygen atoms in total. The second-order valence-electron chi connectivity index (χ2n) is 7.14. The molecule has 1 heterocycles. The summed E-state index contributed by atoms with van der Waals surface area (Å²) >= 11 is 6.07. The van der Waals surface area contributed by atoms with Crippen LogP contribution in [0.4, 0.5) is 10.5 Å². The zero-order chi connectivity index (χ0) is 21.6. The van der Waals surface area contributed by atoms with Gasteiger partial charge in [-0.25, -0.2) is 4.79 Å². The van der Waals surface area contributed by atoms with Crippen molar-refractivity contribution in [1.29, 1.82) is 0 Å². The Balaban J connectivity index is 1.94. The summed E-state index contributed by atoms with van der Waals surface area (Å²) in [6.45, 7) is 2.69. The predicted molar refractivity (Wildman–Crippen MR) is 113 cm³/mol. The molecule has 1 aliphatic heterocycles. The Bertz CT molecular complexity index is 731. The van der Waals surface area contributed by atoms with Gasteiger partial charge in [-0.3, -0.25) is 9.69 Å². The molecule has 0 spiro atoms. The number of urea groups is 1. The zero-order valence-corrected chi connectivity index (χ0v) is 18.1. The number of nitrogen functional groups attached to an aromatic ring is 1. The number of nitrogens with two attached hydrogens (primary N) is 1. The van der Waals surface area contributed by atoms with Gasteiger partial charge in [0, 0.05) is 53.5 Å². The Hall–Kier alpha value is -2.23. The van der Waals surface area contributed by atoms with Gasteiger partial charge in [0.15, 0.2) is 0 Å². The number of piperidine rings is 1. The first-order valence-electron chi connectivity index (χ1n) is 9.41. The van der Waals surface area contributed by atoms with Crippen molar-refractivity contribution in [3.63, 3.8) is 0 Å². The number of carbonyl (C=O) groups excluding carboxylic acids is 2. The monoisotopic (exact) mass is 427 g/mol. The van der Waals surface area contributed by atoms with Crippen molar-refractivity contribution in [2.75, 3.05) is 60.2 Å². The maximum atomic E-state index is 12.8. The molecule has 162 valence electrons. The molecule has 10 heteroatoms. The molecule has 0 bridgehead atoms. The van der Waals surface area contributed by atoms with Crippen molar-refractivity contribution in [2.45, 2.75) is 18.6 Å². The van der Waals surface area contributed by atoms with Crippen LogP contribution in [0.3, 0.4) is 0 Å². The molecule has 2 rings (SSSR count). The van der Waals surface area contributed by atoms with Crippen LogP contribution >= 0.6 is 11.6 Å². The fourth-order valence-corrected chi connectivity index (χ4v) is 3.39. The van der Waals surface area contributed by atoms with Gasteiger partial charge in [-0.15, -0.1) is 0 Å². The van der Waals surface area contributed by atoms with Crippen molar-refractivity contribution in [3.05, 3.63) is 22.7 Å². The number of benzene rings is 1. The summed E-state index contributed by atoms with van der Waals surface area (Å²) < 4.78 is 10.9. The summed E-state index contributed by atoms with van der Waals surface area (Å²) in [4.78, 5) is 28.1. The van der Waals surface area contributed by atoms with Gasteiger partial charge in [-0.2, -0.15) is 0 Å². The van der Waals surface area contributed by atoms with Crippen molar-refractivity contribution in [2.24, 2.45) is 0 Å². The molecule has 0 aromatic heterocycles. The molecule has 0 unspecified atom stereocenters. The average molecular weight is 428 g/mol. The normalized spacial score (nSPS) is 19.5. The maximum Gasteiger partial charge on any atom is 0.316 e. The number of ether oxygens (including phenoxy) is 2. The number of anilines is 1. The number of nitrogens with one attached hydrogen (secondary N) is 2. The Morgan fingerprint density at radius 3 is 2.69 bits per heavy atom. The Morgan fingerprint density at radius 2 is 2.07 bits per heavy atom. The van der Waals surface area contributed by atoms with Crippen LogP contribution in [0.15, 0.2) is 12.1 Å². The number of methoxy groups -OCH3 is 2. The molecule has 1 aromatic rings. The zero-order valence-electron chi connectivity index (χ0n) is 17.3. The lowest BCUT2D eigenvalue weighted by Gasteiger charge is -2.38. The molecule has 29 heavy (non-hydrogen) atoms. The van der Waals surface area contributed by atoms with Gasteiger partial charge in [0.1, 0.15) is 5.75 Å². The quantitative estimate of drug-likeness (QED) is 0.560. The Kier molecular flexibility index (Phi) is 8.36. The van der Waals surface area contributed by atoms with E-state index in [1.165, 1.54) is 24.1 Å². The molecule has 0 radical (unpaired) electrons. The third-order valence-electron chi connectivity index (χ3n) is 4.94.